The SMILES string of the molecule is CN(C)c1nccc(N2CCO[C@@H]3CN(c4ccccn4)C[C@@H]32)n1. The van der Waals surface area contributed by atoms with Gasteiger partial charge in [0.15, 0.2) is 0 Å². The van der Waals surface area contributed by atoms with E-state index in [-0.39, 0.29) is 12.1 Å². The van der Waals surface area contributed by atoms with Gasteiger partial charge in [-0.1, -0.05) is 6.07 Å². The van der Waals surface area contributed by atoms with E-state index >= 15 is 0 Å². The predicted octanol–water partition coefficient (Wildman–Crippen LogP) is 1.03. The molecule has 0 bridgehead atoms. The molecule has 2 aliphatic heterocycles. The van der Waals surface area contributed by atoms with Gasteiger partial charge in [-0.3, -0.25) is 0 Å². The third-order valence-electron chi connectivity index (χ3n) is 4.60. The Morgan fingerprint density at radius 2 is 2.00 bits per heavy atom. The molecule has 0 aliphatic carbocycles. The first-order valence-electron chi connectivity index (χ1n) is 8.27. The number of pyridine rings is 1. The summed E-state index contributed by atoms with van der Waals surface area (Å²) in [5.41, 5.74) is 0. The van der Waals surface area contributed by atoms with E-state index in [1.165, 1.54) is 0 Å². The molecule has 0 N–H and O–H groups in total. The first-order chi connectivity index (χ1) is 11.7. The number of hydrogen-bond donors (Lipinski definition) is 0. The van der Waals surface area contributed by atoms with Crippen molar-refractivity contribution in [3.05, 3.63) is 36.7 Å². The summed E-state index contributed by atoms with van der Waals surface area (Å²) in [5.74, 6) is 2.71. The van der Waals surface area contributed by atoms with Crippen LogP contribution in [-0.2, 0) is 4.74 Å². The van der Waals surface area contributed by atoms with Gasteiger partial charge in [-0.2, -0.15) is 4.98 Å². The van der Waals surface area contributed by atoms with Crippen LogP contribution in [0.15, 0.2) is 36.7 Å². The van der Waals surface area contributed by atoms with Gasteiger partial charge in [0.2, 0.25) is 5.95 Å². The van der Waals surface area contributed by atoms with Gasteiger partial charge >= 0.3 is 0 Å². The molecule has 2 aliphatic rings. The Kier molecular flexibility index (Phi) is 3.93. The van der Waals surface area contributed by atoms with E-state index in [0.717, 1.165) is 43.8 Å². The Morgan fingerprint density at radius 3 is 2.79 bits per heavy atom. The van der Waals surface area contributed by atoms with Crippen LogP contribution in [0.1, 0.15) is 0 Å². The van der Waals surface area contributed by atoms with E-state index in [1.54, 1.807) is 0 Å². The number of aromatic nitrogens is 3. The number of anilines is 3. The lowest BCUT2D eigenvalue weighted by atomic mass is 10.1. The minimum Gasteiger partial charge on any atom is -0.372 e. The summed E-state index contributed by atoms with van der Waals surface area (Å²) in [6.45, 7) is 3.33. The van der Waals surface area contributed by atoms with Crippen LogP contribution in [0.25, 0.3) is 0 Å². The van der Waals surface area contributed by atoms with E-state index in [2.05, 4.69) is 25.8 Å². The van der Waals surface area contributed by atoms with Gasteiger partial charge in [-0.15, -0.1) is 0 Å². The second-order valence-corrected chi connectivity index (χ2v) is 6.37. The molecule has 7 nitrogen and oxygen atoms in total. The maximum absolute atomic E-state index is 6.02. The molecule has 0 saturated carbocycles. The zero-order valence-corrected chi connectivity index (χ0v) is 14.0. The normalized spacial score (nSPS) is 23.2. The summed E-state index contributed by atoms with van der Waals surface area (Å²) in [6.07, 6.45) is 3.84. The topological polar surface area (TPSA) is 57.6 Å². The van der Waals surface area contributed by atoms with Crippen molar-refractivity contribution in [3.63, 3.8) is 0 Å². The molecule has 0 unspecified atom stereocenters. The second-order valence-electron chi connectivity index (χ2n) is 6.37. The fourth-order valence-electron chi connectivity index (χ4n) is 3.42. The largest absolute Gasteiger partial charge is 0.372 e. The molecule has 4 rings (SSSR count). The highest BCUT2D eigenvalue weighted by atomic mass is 16.5. The molecule has 2 fully saturated rings. The third kappa shape index (κ3) is 2.75. The van der Waals surface area contributed by atoms with Gasteiger partial charge < -0.3 is 19.4 Å². The average molecular weight is 326 g/mol. The minimum atomic E-state index is 0.179. The van der Waals surface area contributed by atoms with Crippen LogP contribution in [0.4, 0.5) is 17.6 Å². The monoisotopic (exact) mass is 326 g/mol. The minimum absolute atomic E-state index is 0.179. The zero-order valence-electron chi connectivity index (χ0n) is 14.0. The first-order valence-corrected chi connectivity index (χ1v) is 8.27. The fourth-order valence-corrected chi connectivity index (χ4v) is 3.42. The van der Waals surface area contributed by atoms with Crippen LogP contribution in [0.2, 0.25) is 0 Å². The quantitative estimate of drug-likeness (QED) is 0.835. The van der Waals surface area contributed by atoms with Crippen LogP contribution >= 0.6 is 0 Å². The van der Waals surface area contributed by atoms with Gasteiger partial charge in [0.05, 0.1) is 18.8 Å². The lowest BCUT2D eigenvalue weighted by Crippen LogP contribution is -2.51. The molecule has 0 spiro atoms. The molecular formula is C17H22N6O. The maximum atomic E-state index is 6.02. The molecule has 2 aromatic rings. The zero-order chi connectivity index (χ0) is 16.5. The molecule has 0 radical (unpaired) electrons. The highest BCUT2D eigenvalue weighted by Gasteiger charge is 2.41. The molecule has 24 heavy (non-hydrogen) atoms. The highest BCUT2D eigenvalue weighted by molar-refractivity contribution is 5.48. The molecule has 2 aromatic heterocycles. The van der Waals surface area contributed by atoms with Gasteiger partial charge in [-0.05, 0) is 18.2 Å². The van der Waals surface area contributed by atoms with Crippen molar-refractivity contribution in [3.8, 4) is 0 Å². The standard InChI is InChI=1S/C17H22N6O/c1-21(2)17-19-8-6-16(20-17)23-9-10-24-14-12-22(11-13(14)23)15-5-3-4-7-18-15/h3-8,13-14H,9-12H2,1-2H3/t13-,14+/m0/s1. The van der Waals surface area contributed by atoms with Crippen LogP contribution in [0.5, 0.6) is 0 Å². The molecule has 2 atom stereocenters. The van der Waals surface area contributed by atoms with E-state index < -0.39 is 0 Å². The van der Waals surface area contributed by atoms with Crippen LogP contribution in [0.3, 0.4) is 0 Å². The van der Waals surface area contributed by atoms with Crippen LogP contribution < -0.4 is 14.7 Å². The van der Waals surface area contributed by atoms with Crippen LogP contribution in [-0.4, -0.2) is 67.4 Å². The van der Waals surface area contributed by atoms with E-state index in [0.29, 0.717) is 0 Å². The molecule has 4 heterocycles. The number of rotatable bonds is 3. The molecule has 0 aromatic carbocycles. The second kappa shape index (κ2) is 6.24. The van der Waals surface area contributed by atoms with Gasteiger partial charge in [0.1, 0.15) is 11.6 Å². The molecule has 7 heteroatoms. The van der Waals surface area contributed by atoms with Gasteiger partial charge in [0.25, 0.3) is 0 Å². The summed E-state index contributed by atoms with van der Waals surface area (Å²) in [7, 11) is 3.92. The van der Waals surface area contributed by atoms with Crippen molar-refractivity contribution in [1.82, 2.24) is 15.0 Å². The van der Waals surface area contributed by atoms with Crippen molar-refractivity contribution in [2.75, 3.05) is 55.0 Å². The summed E-state index contributed by atoms with van der Waals surface area (Å²) in [6, 6.07) is 8.29. The van der Waals surface area contributed by atoms with Gasteiger partial charge in [0, 0.05) is 46.1 Å². The Balaban J connectivity index is 1.58. The summed E-state index contributed by atoms with van der Waals surface area (Å²) >= 11 is 0. The average Bonchev–Trinajstić information content (AvgIpc) is 3.07. The van der Waals surface area contributed by atoms with Crippen molar-refractivity contribution in [2.45, 2.75) is 12.1 Å². The number of morpholine rings is 1. The number of ether oxygens (including phenoxy) is 1. The van der Waals surface area contributed by atoms with Crippen molar-refractivity contribution < 1.29 is 4.74 Å². The Labute approximate surface area is 141 Å². The molecular weight excluding hydrogens is 304 g/mol. The summed E-state index contributed by atoms with van der Waals surface area (Å²) in [4.78, 5) is 20.1. The van der Waals surface area contributed by atoms with Gasteiger partial charge in [-0.25, -0.2) is 9.97 Å². The molecule has 0 amide bonds. The lowest BCUT2D eigenvalue weighted by molar-refractivity contribution is 0.0352. The van der Waals surface area contributed by atoms with E-state index in [4.69, 9.17) is 9.72 Å². The number of fused-ring (bicyclic) bond motifs is 1. The van der Waals surface area contributed by atoms with Crippen molar-refractivity contribution >= 4 is 17.6 Å². The number of hydrogen-bond acceptors (Lipinski definition) is 7. The van der Waals surface area contributed by atoms with Crippen molar-refractivity contribution in [1.29, 1.82) is 0 Å². The van der Waals surface area contributed by atoms with Crippen LogP contribution in [0, 0.1) is 0 Å². The molecule has 2 saturated heterocycles. The first kappa shape index (κ1) is 15.1. The highest BCUT2D eigenvalue weighted by Crippen LogP contribution is 2.29. The predicted molar refractivity (Wildman–Crippen MR) is 93.7 cm³/mol. The third-order valence-corrected chi connectivity index (χ3v) is 4.60. The lowest BCUT2D eigenvalue weighted by Gasteiger charge is -2.37. The summed E-state index contributed by atoms with van der Waals surface area (Å²) < 4.78 is 6.02. The smallest absolute Gasteiger partial charge is 0.226 e. The number of nitrogens with zero attached hydrogens (tertiary/aromatic N) is 6. The Bertz CT molecular complexity index is 694. The fraction of sp³-hybridized carbons (Fsp3) is 0.471. The van der Waals surface area contributed by atoms with E-state index in [9.17, 15) is 0 Å². The maximum Gasteiger partial charge on any atom is 0.226 e. The summed E-state index contributed by atoms with van der Waals surface area (Å²) in [5, 5.41) is 0. The van der Waals surface area contributed by atoms with Crippen molar-refractivity contribution in [2.24, 2.45) is 0 Å². The Hall–Kier alpha value is -2.41. The molecule has 126 valence electrons. The van der Waals surface area contributed by atoms with E-state index in [1.807, 2.05) is 49.6 Å². The Morgan fingerprint density at radius 1 is 1.08 bits per heavy atom.